The van der Waals surface area contributed by atoms with E-state index in [9.17, 15) is 5.11 Å². The van der Waals surface area contributed by atoms with E-state index in [1.54, 1.807) is 12.4 Å². The summed E-state index contributed by atoms with van der Waals surface area (Å²) < 4.78 is 0. The molecular formula is C14H13ClN2O. The van der Waals surface area contributed by atoms with E-state index in [2.05, 4.69) is 10.3 Å². The highest BCUT2D eigenvalue weighted by Crippen LogP contribution is 2.35. The van der Waals surface area contributed by atoms with Gasteiger partial charge in [0, 0.05) is 18.8 Å². The number of aliphatic hydroxyl groups is 1. The van der Waals surface area contributed by atoms with Gasteiger partial charge in [-0.15, -0.1) is 0 Å². The third-order valence-electron chi connectivity index (χ3n) is 3.29. The fourth-order valence-electron chi connectivity index (χ4n) is 2.41. The second kappa shape index (κ2) is 4.59. The Morgan fingerprint density at radius 3 is 2.94 bits per heavy atom. The molecule has 0 fully saturated rings. The van der Waals surface area contributed by atoms with E-state index in [0.717, 1.165) is 11.3 Å². The Morgan fingerprint density at radius 1 is 1.28 bits per heavy atom. The number of fused-ring (bicyclic) bond motifs is 1. The van der Waals surface area contributed by atoms with Crippen LogP contribution in [-0.2, 0) is 6.42 Å². The van der Waals surface area contributed by atoms with Gasteiger partial charge in [0.1, 0.15) is 0 Å². The largest absolute Gasteiger partial charge is 0.390 e. The average molecular weight is 261 g/mol. The lowest BCUT2D eigenvalue weighted by molar-refractivity contribution is 0.166. The standard InChI is InChI=1S/C14H13ClN2O/c15-11-8-16-6-5-12(11)17-14-10-4-2-1-3-9(10)7-13(14)18/h1-6,8,13-14,18H,7H2,(H,16,17)/t13-,14+/m0/s1. The zero-order valence-electron chi connectivity index (χ0n) is 9.68. The second-order valence-electron chi connectivity index (χ2n) is 4.45. The van der Waals surface area contributed by atoms with Crippen molar-refractivity contribution in [2.75, 3.05) is 5.32 Å². The van der Waals surface area contributed by atoms with Crippen molar-refractivity contribution in [2.24, 2.45) is 0 Å². The van der Waals surface area contributed by atoms with Crippen LogP contribution < -0.4 is 5.32 Å². The van der Waals surface area contributed by atoms with E-state index < -0.39 is 6.10 Å². The number of hydrogen-bond acceptors (Lipinski definition) is 3. The topological polar surface area (TPSA) is 45.1 Å². The Labute approximate surface area is 110 Å². The Morgan fingerprint density at radius 2 is 2.11 bits per heavy atom. The third-order valence-corrected chi connectivity index (χ3v) is 3.59. The Balaban J connectivity index is 1.92. The molecule has 1 aromatic carbocycles. The van der Waals surface area contributed by atoms with Crippen molar-refractivity contribution in [3.05, 3.63) is 58.9 Å². The van der Waals surface area contributed by atoms with Crippen LogP contribution in [0.5, 0.6) is 0 Å². The molecule has 1 aliphatic rings. The van der Waals surface area contributed by atoms with Crippen molar-refractivity contribution >= 4 is 17.3 Å². The van der Waals surface area contributed by atoms with Gasteiger partial charge in [0.05, 0.1) is 22.9 Å². The average Bonchev–Trinajstić information content (AvgIpc) is 2.69. The number of anilines is 1. The Kier molecular flexibility index (Phi) is 2.94. The van der Waals surface area contributed by atoms with Gasteiger partial charge < -0.3 is 10.4 Å². The van der Waals surface area contributed by atoms with Crippen molar-refractivity contribution in [1.29, 1.82) is 0 Å². The minimum atomic E-state index is -0.424. The van der Waals surface area contributed by atoms with Crippen molar-refractivity contribution in [2.45, 2.75) is 18.6 Å². The molecule has 0 saturated heterocycles. The highest BCUT2D eigenvalue weighted by Gasteiger charge is 2.30. The van der Waals surface area contributed by atoms with Crippen LogP contribution in [0.2, 0.25) is 5.02 Å². The lowest BCUT2D eigenvalue weighted by atomic mass is 10.1. The predicted molar refractivity (Wildman–Crippen MR) is 71.8 cm³/mol. The second-order valence-corrected chi connectivity index (χ2v) is 4.86. The van der Waals surface area contributed by atoms with Gasteiger partial charge in [0.15, 0.2) is 0 Å². The van der Waals surface area contributed by atoms with Crippen LogP contribution in [0.25, 0.3) is 0 Å². The first-order chi connectivity index (χ1) is 8.75. The molecule has 0 spiro atoms. The number of aliphatic hydroxyl groups excluding tert-OH is 1. The van der Waals surface area contributed by atoms with Gasteiger partial charge in [-0.3, -0.25) is 4.98 Å². The maximum absolute atomic E-state index is 10.1. The quantitative estimate of drug-likeness (QED) is 0.873. The number of benzene rings is 1. The zero-order valence-corrected chi connectivity index (χ0v) is 10.4. The smallest absolute Gasteiger partial charge is 0.0823 e. The molecule has 0 aliphatic heterocycles. The summed E-state index contributed by atoms with van der Waals surface area (Å²) in [6.07, 6.45) is 3.53. The van der Waals surface area contributed by atoms with Gasteiger partial charge >= 0.3 is 0 Å². The molecule has 0 amide bonds. The molecule has 0 bridgehead atoms. The molecule has 1 aromatic heterocycles. The zero-order chi connectivity index (χ0) is 12.5. The summed E-state index contributed by atoms with van der Waals surface area (Å²) in [4.78, 5) is 3.95. The molecule has 2 atom stereocenters. The maximum atomic E-state index is 10.1. The molecule has 1 aliphatic carbocycles. The third kappa shape index (κ3) is 1.96. The van der Waals surface area contributed by atoms with Crippen LogP contribution in [0.1, 0.15) is 17.2 Å². The molecule has 18 heavy (non-hydrogen) atoms. The summed E-state index contributed by atoms with van der Waals surface area (Å²) in [7, 11) is 0. The van der Waals surface area contributed by atoms with Crippen molar-refractivity contribution in [3.63, 3.8) is 0 Å². The normalized spacial score (nSPS) is 21.7. The molecule has 92 valence electrons. The molecule has 0 unspecified atom stereocenters. The fourth-order valence-corrected chi connectivity index (χ4v) is 2.58. The first kappa shape index (κ1) is 11.5. The monoisotopic (exact) mass is 260 g/mol. The summed E-state index contributed by atoms with van der Waals surface area (Å²) >= 11 is 6.07. The van der Waals surface area contributed by atoms with E-state index in [1.165, 1.54) is 5.56 Å². The molecule has 3 nitrogen and oxygen atoms in total. The van der Waals surface area contributed by atoms with Gasteiger partial charge in [0.25, 0.3) is 0 Å². The van der Waals surface area contributed by atoms with Crippen LogP contribution in [-0.4, -0.2) is 16.2 Å². The molecule has 2 N–H and O–H groups in total. The first-order valence-corrected chi connectivity index (χ1v) is 6.25. The molecule has 4 heteroatoms. The Hall–Kier alpha value is -1.58. The summed E-state index contributed by atoms with van der Waals surface area (Å²) in [5, 5.41) is 14.0. The van der Waals surface area contributed by atoms with Gasteiger partial charge in [0.2, 0.25) is 0 Å². The first-order valence-electron chi connectivity index (χ1n) is 5.87. The number of nitrogens with zero attached hydrogens (tertiary/aromatic N) is 1. The number of aromatic nitrogens is 1. The number of hydrogen-bond donors (Lipinski definition) is 2. The molecule has 2 aromatic rings. The van der Waals surface area contributed by atoms with Gasteiger partial charge in [-0.2, -0.15) is 0 Å². The minimum absolute atomic E-state index is 0.110. The molecule has 1 heterocycles. The summed E-state index contributed by atoms with van der Waals surface area (Å²) in [6.45, 7) is 0. The molecule has 0 radical (unpaired) electrons. The van der Waals surface area contributed by atoms with Crippen LogP contribution in [0.3, 0.4) is 0 Å². The summed E-state index contributed by atoms with van der Waals surface area (Å²) in [5.74, 6) is 0. The number of pyridine rings is 1. The van der Waals surface area contributed by atoms with Crippen LogP contribution >= 0.6 is 11.6 Å². The Bertz CT molecular complexity index is 573. The van der Waals surface area contributed by atoms with E-state index in [0.29, 0.717) is 11.4 Å². The van der Waals surface area contributed by atoms with Gasteiger partial charge in [-0.05, 0) is 17.2 Å². The van der Waals surface area contributed by atoms with Crippen LogP contribution in [0, 0.1) is 0 Å². The van der Waals surface area contributed by atoms with Crippen molar-refractivity contribution in [1.82, 2.24) is 4.98 Å². The number of halogens is 1. The molecule has 0 saturated carbocycles. The highest BCUT2D eigenvalue weighted by molar-refractivity contribution is 6.33. The molecule has 3 rings (SSSR count). The number of nitrogens with one attached hydrogen (secondary N) is 1. The SMILES string of the molecule is O[C@H]1Cc2ccccc2[C@H]1Nc1ccncc1Cl. The van der Waals surface area contributed by atoms with Crippen molar-refractivity contribution in [3.8, 4) is 0 Å². The lowest BCUT2D eigenvalue weighted by Crippen LogP contribution is -2.21. The fraction of sp³-hybridized carbons (Fsp3) is 0.214. The molecular weight excluding hydrogens is 248 g/mol. The van der Waals surface area contributed by atoms with Crippen LogP contribution in [0.4, 0.5) is 5.69 Å². The van der Waals surface area contributed by atoms with E-state index >= 15 is 0 Å². The minimum Gasteiger partial charge on any atom is -0.390 e. The summed E-state index contributed by atoms with van der Waals surface area (Å²) in [5.41, 5.74) is 3.12. The number of rotatable bonds is 2. The van der Waals surface area contributed by atoms with Gasteiger partial charge in [-0.25, -0.2) is 0 Å². The summed E-state index contributed by atoms with van der Waals surface area (Å²) in [6, 6.07) is 9.77. The predicted octanol–water partition coefficient (Wildman–Crippen LogP) is 2.81. The van der Waals surface area contributed by atoms with E-state index in [1.807, 2.05) is 30.3 Å². The highest BCUT2D eigenvalue weighted by atomic mass is 35.5. The maximum Gasteiger partial charge on any atom is 0.0823 e. The van der Waals surface area contributed by atoms with E-state index in [4.69, 9.17) is 11.6 Å². The van der Waals surface area contributed by atoms with Gasteiger partial charge in [-0.1, -0.05) is 35.9 Å². The lowest BCUT2D eigenvalue weighted by Gasteiger charge is -2.19. The van der Waals surface area contributed by atoms with E-state index in [-0.39, 0.29) is 6.04 Å². The van der Waals surface area contributed by atoms with Crippen LogP contribution in [0.15, 0.2) is 42.7 Å². The van der Waals surface area contributed by atoms with Crippen molar-refractivity contribution < 1.29 is 5.11 Å².